The normalized spacial score (nSPS) is 11.0. The molecule has 0 aliphatic rings. The Morgan fingerprint density at radius 1 is 1.26 bits per heavy atom. The maximum Gasteiger partial charge on any atom is 0.418 e. The topological polar surface area (TPSA) is 93.5 Å². The van der Waals surface area contributed by atoms with E-state index in [2.05, 4.69) is 4.99 Å². The summed E-state index contributed by atoms with van der Waals surface area (Å²) >= 11 is 11.1. The van der Waals surface area contributed by atoms with Gasteiger partial charge in [0, 0.05) is 5.02 Å². The number of nitrogens with two attached hydrogens (primary N) is 2. The molecule has 19 heavy (non-hydrogen) atoms. The number of rotatable bonds is 1. The van der Waals surface area contributed by atoms with Gasteiger partial charge in [-0.3, -0.25) is 0 Å². The maximum absolute atomic E-state index is 12.8. The molecule has 10 heteroatoms. The standard InChI is InChI=1S/C9H7Cl2F3N4O/c10-3-1-4(9(12,13)14)6(5(11)2-3)17-8(19)18-7(15)16/h1-2H,(H5,15,16,17,18,19). The molecule has 1 aromatic carbocycles. The van der Waals surface area contributed by atoms with Crippen molar-refractivity contribution in [2.45, 2.75) is 6.18 Å². The van der Waals surface area contributed by atoms with Crippen molar-refractivity contribution in [2.24, 2.45) is 16.5 Å². The van der Waals surface area contributed by atoms with Crippen molar-refractivity contribution in [1.29, 1.82) is 0 Å². The lowest BCUT2D eigenvalue weighted by Crippen LogP contribution is -2.26. The van der Waals surface area contributed by atoms with E-state index in [4.69, 9.17) is 34.7 Å². The van der Waals surface area contributed by atoms with Crippen LogP contribution in [-0.2, 0) is 6.18 Å². The first kappa shape index (κ1) is 15.4. The average Bonchev–Trinajstić information content (AvgIpc) is 2.18. The summed E-state index contributed by atoms with van der Waals surface area (Å²) in [4.78, 5) is 14.2. The molecule has 1 aromatic rings. The summed E-state index contributed by atoms with van der Waals surface area (Å²) in [6.07, 6.45) is -4.75. The second-order valence-corrected chi connectivity index (χ2v) is 4.12. The number of carbonyl (C=O) groups is 1. The van der Waals surface area contributed by atoms with Gasteiger partial charge in [-0.2, -0.15) is 18.2 Å². The lowest BCUT2D eigenvalue weighted by molar-refractivity contribution is -0.136. The van der Waals surface area contributed by atoms with Gasteiger partial charge in [0.15, 0.2) is 5.96 Å². The molecular formula is C9H7Cl2F3N4O. The van der Waals surface area contributed by atoms with E-state index in [0.717, 1.165) is 6.07 Å². The summed E-state index contributed by atoms with van der Waals surface area (Å²) in [5, 5.41) is 1.23. The van der Waals surface area contributed by atoms with Crippen LogP contribution in [0.5, 0.6) is 0 Å². The SMILES string of the molecule is NC(N)=NC(=O)Nc1c(Cl)cc(Cl)cc1C(F)(F)F. The molecule has 0 heterocycles. The first-order chi connectivity index (χ1) is 8.61. The summed E-state index contributed by atoms with van der Waals surface area (Å²) in [7, 11) is 0. The second kappa shape index (κ2) is 5.54. The predicted molar refractivity (Wildman–Crippen MR) is 66.3 cm³/mol. The third-order valence-corrected chi connectivity index (χ3v) is 2.34. The van der Waals surface area contributed by atoms with E-state index in [1.54, 1.807) is 0 Å². The fourth-order valence-corrected chi connectivity index (χ4v) is 1.72. The fourth-order valence-electron chi connectivity index (χ4n) is 1.18. The minimum Gasteiger partial charge on any atom is -0.370 e. The highest BCUT2D eigenvalue weighted by atomic mass is 35.5. The highest BCUT2D eigenvalue weighted by Gasteiger charge is 2.35. The predicted octanol–water partition coefficient (Wildman–Crippen LogP) is 2.82. The number of nitrogens with zero attached hydrogens (tertiary/aromatic N) is 1. The van der Waals surface area contributed by atoms with Crippen molar-refractivity contribution in [2.75, 3.05) is 5.32 Å². The Labute approximate surface area is 115 Å². The number of anilines is 1. The molecular weight excluding hydrogens is 308 g/mol. The lowest BCUT2D eigenvalue weighted by atomic mass is 10.1. The van der Waals surface area contributed by atoms with Gasteiger partial charge in [0.25, 0.3) is 0 Å². The molecule has 0 aliphatic carbocycles. The van der Waals surface area contributed by atoms with Crippen LogP contribution in [0.1, 0.15) is 5.56 Å². The monoisotopic (exact) mass is 314 g/mol. The average molecular weight is 315 g/mol. The molecule has 0 saturated carbocycles. The number of aliphatic imine (C=N–C) groups is 1. The Hall–Kier alpha value is -1.67. The van der Waals surface area contributed by atoms with Crippen molar-refractivity contribution >= 4 is 40.9 Å². The van der Waals surface area contributed by atoms with Gasteiger partial charge >= 0.3 is 12.2 Å². The van der Waals surface area contributed by atoms with E-state index in [9.17, 15) is 18.0 Å². The number of nitrogens with one attached hydrogen (secondary N) is 1. The number of hydrogen-bond acceptors (Lipinski definition) is 1. The summed E-state index contributed by atoms with van der Waals surface area (Å²) in [6, 6.07) is 0.483. The molecule has 0 spiro atoms. The van der Waals surface area contributed by atoms with E-state index in [1.165, 1.54) is 0 Å². The third kappa shape index (κ3) is 4.18. The number of benzene rings is 1. The second-order valence-electron chi connectivity index (χ2n) is 3.27. The van der Waals surface area contributed by atoms with E-state index >= 15 is 0 Å². The molecule has 0 bridgehead atoms. The maximum atomic E-state index is 12.8. The summed E-state index contributed by atoms with van der Waals surface area (Å²) in [6.45, 7) is 0. The summed E-state index contributed by atoms with van der Waals surface area (Å²) in [5.74, 6) is -0.601. The van der Waals surface area contributed by atoms with Crippen LogP contribution < -0.4 is 16.8 Å². The van der Waals surface area contributed by atoms with Crippen molar-refractivity contribution in [3.05, 3.63) is 27.7 Å². The van der Waals surface area contributed by atoms with Crippen molar-refractivity contribution in [3.8, 4) is 0 Å². The van der Waals surface area contributed by atoms with Crippen LogP contribution >= 0.6 is 23.2 Å². The first-order valence-corrected chi connectivity index (χ1v) is 5.33. The molecule has 2 amide bonds. The van der Waals surface area contributed by atoms with E-state index in [1.807, 2.05) is 5.32 Å². The van der Waals surface area contributed by atoms with Crippen LogP contribution in [0.15, 0.2) is 17.1 Å². The molecule has 0 atom stereocenters. The minimum atomic E-state index is -4.75. The van der Waals surface area contributed by atoms with Crippen LogP contribution in [-0.4, -0.2) is 12.0 Å². The highest BCUT2D eigenvalue weighted by Crippen LogP contribution is 2.40. The van der Waals surface area contributed by atoms with Gasteiger partial charge < -0.3 is 16.8 Å². The Balaban J connectivity index is 3.27. The molecule has 0 saturated heterocycles. The van der Waals surface area contributed by atoms with Crippen LogP contribution in [0.2, 0.25) is 10.0 Å². The number of amides is 2. The zero-order valence-electron chi connectivity index (χ0n) is 9.05. The van der Waals surface area contributed by atoms with Gasteiger partial charge in [-0.25, -0.2) is 4.79 Å². The van der Waals surface area contributed by atoms with Crippen molar-refractivity contribution < 1.29 is 18.0 Å². The van der Waals surface area contributed by atoms with E-state index in [0.29, 0.717) is 6.07 Å². The van der Waals surface area contributed by atoms with Gasteiger partial charge in [0.1, 0.15) is 0 Å². The lowest BCUT2D eigenvalue weighted by Gasteiger charge is -2.14. The number of alkyl halides is 3. The van der Waals surface area contributed by atoms with Gasteiger partial charge in [0.05, 0.1) is 16.3 Å². The smallest absolute Gasteiger partial charge is 0.370 e. The van der Waals surface area contributed by atoms with E-state index < -0.39 is 29.4 Å². The number of hydrogen-bond donors (Lipinski definition) is 3. The van der Waals surface area contributed by atoms with Crippen molar-refractivity contribution in [3.63, 3.8) is 0 Å². The Bertz CT molecular complexity index is 541. The molecule has 0 unspecified atom stereocenters. The van der Waals surface area contributed by atoms with Crippen LogP contribution in [0.25, 0.3) is 0 Å². The van der Waals surface area contributed by atoms with Crippen LogP contribution in [0.3, 0.4) is 0 Å². The zero-order valence-corrected chi connectivity index (χ0v) is 10.6. The van der Waals surface area contributed by atoms with Crippen LogP contribution in [0.4, 0.5) is 23.7 Å². The van der Waals surface area contributed by atoms with E-state index in [-0.39, 0.29) is 10.0 Å². The fraction of sp³-hybridized carbons (Fsp3) is 0.111. The van der Waals surface area contributed by atoms with Crippen LogP contribution in [0, 0.1) is 0 Å². The molecule has 5 nitrogen and oxygen atoms in total. The summed E-state index contributed by atoms with van der Waals surface area (Å²) in [5.41, 5.74) is 7.97. The number of urea groups is 1. The molecule has 5 N–H and O–H groups in total. The van der Waals surface area contributed by atoms with Gasteiger partial charge in [0.2, 0.25) is 0 Å². The number of carbonyl (C=O) groups excluding carboxylic acids is 1. The van der Waals surface area contributed by atoms with Gasteiger partial charge in [-0.1, -0.05) is 23.2 Å². The molecule has 1 rings (SSSR count). The minimum absolute atomic E-state index is 0.225. The van der Waals surface area contributed by atoms with Crippen molar-refractivity contribution in [1.82, 2.24) is 0 Å². The molecule has 0 aliphatic heterocycles. The highest BCUT2D eigenvalue weighted by molar-refractivity contribution is 6.37. The summed E-state index contributed by atoms with van der Waals surface area (Å²) < 4.78 is 38.3. The van der Waals surface area contributed by atoms with Gasteiger partial charge in [-0.15, -0.1) is 0 Å². The third-order valence-electron chi connectivity index (χ3n) is 1.82. The Morgan fingerprint density at radius 3 is 2.32 bits per heavy atom. The number of halogens is 5. The quantitative estimate of drug-likeness (QED) is 0.549. The molecule has 104 valence electrons. The zero-order chi connectivity index (χ0) is 14.8. The Kier molecular flexibility index (Phi) is 4.48. The largest absolute Gasteiger partial charge is 0.418 e. The molecule has 0 aromatic heterocycles. The Morgan fingerprint density at radius 2 is 1.84 bits per heavy atom. The molecule has 0 fully saturated rings. The van der Waals surface area contributed by atoms with Gasteiger partial charge in [-0.05, 0) is 12.1 Å². The first-order valence-electron chi connectivity index (χ1n) is 4.58. The number of guanidine groups is 1. The molecule has 0 radical (unpaired) electrons.